The first kappa shape index (κ1) is 23.3. The van der Waals surface area contributed by atoms with E-state index in [9.17, 15) is 17.6 Å². The summed E-state index contributed by atoms with van der Waals surface area (Å²) in [6, 6.07) is 18.9. The summed E-state index contributed by atoms with van der Waals surface area (Å²) in [7, 11) is -3.59. The molecule has 168 valence electrons. The summed E-state index contributed by atoms with van der Waals surface area (Å²) in [5.74, 6) is -0.000000397. The third-order valence-corrected chi connectivity index (χ3v) is 5.68. The van der Waals surface area contributed by atoms with E-state index in [1.807, 2.05) is 13.8 Å². The number of anilines is 2. The smallest absolute Gasteiger partial charge is 0.255 e. The zero-order valence-corrected chi connectivity index (χ0v) is 18.9. The molecule has 0 fully saturated rings. The molecule has 0 radical (unpaired) electrons. The third-order valence-electron chi connectivity index (χ3n) is 4.54. The molecule has 1 N–H and O–H groups in total. The average Bonchev–Trinajstić information content (AvgIpc) is 2.73. The zero-order valence-electron chi connectivity index (χ0n) is 18.1. The maximum absolute atomic E-state index is 13.2. The van der Waals surface area contributed by atoms with Crippen molar-refractivity contribution in [2.45, 2.75) is 26.5 Å². The maximum atomic E-state index is 13.2. The molecule has 3 aromatic rings. The van der Waals surface area contributed by atoms with Crippen molar-refractivity contribution in [1.29, 1.82) is 0 Å². The number of ether oxygens (including phenoxy) is 1. The van der Waals surface area contributed by atoms with Gasteiger partial charge in [0.25, 0.3) is 5.91 Å². The zero-order chi connectivity index (χ0) is 23.3. The highest BCUT2D eigenvalue weighted by Gasteiger charge is 2.18. The van der Waals surface area contributed by atoms with Crippen molar-refractivity contribution < 1.29 is 22.3 Å². The number of nitrogens with one attached hydrogen (secondary N) is 1. The van der Waals surface area contributed by atoms with Crippen molar-refractivity contribution in [2.24, 2.45) is 0 Å². The Kier molecular flexibility index (Phi) is 7.15. The van der Waals surface area contributed by atoms with Gasteiger partial charge >= 0.3 is 0 Å². The number of hydrogen-bond donors (Lipinski definition) is 1. The molecule has 3 aromatic carbocycles. The lowest BCUT2D eigenvalue weighted by atomic mass is 10.1. The largest absolute Gasteiger partial charge is 0.491 e. The summed E-state index contributed by atoms with van der Waals surface area (Å²) < 4.78 is 44.6. The number of hydrogen-bond acceptors (Lipinski definition) is 4. The minimum atomic E-state index is -3.59. The summed E-state index contributed by atoms with van der Waals surface area (Å²) in [4.78, 5) is 12.6. The molecule has 6 nitrogen and oxygen atoms in total. The van der Waals surface area contributed by atoms with Crippen molar-refractivity contribution in [2.75, 3.05) is 15.9 Å². The van der Waals surface area contributed by atoms with Gasteiger partial charge in [-0.2, -0.15) is 0 Å². The van der Waals surface area contributed by atoms with Crippen LogP contribution in [0.25, 0.3) is 0 Å². The van der Waals surface area contributed by atoms with Crippen LogP contribution in [0, 0.1) is 5.82 Å². The normalized spacial score (nSPS) is 11.3. The van der Waals surface area contributed by atoms with E-state index in [0.717, 1.165) is 6.26 Å². The topological polar surface area (TPSA) is 75.7 Å². The van der Waals surface area contributed by atoms with Gasteiger partial charge in [-0.3, -0.25) is 9.10 Å². The van der Waals surface area contributed by atoms with Gasteiger partial charge in [0.15, 0.2) is 0 Å². The third kappa shape index (κ3) is 6.31. The van der Waals surface area contributed by atoms with Crippen LogP contribution in [0.2, 0.25) is 0 Å². The van der Waals surface area contributed by atoms with Crippen molar-refractivity contribution in [3.8, 4) is 5.75 Å². The van der Waals surface area contributed by atoms with Gasteiger partial charge in [-0.1, -0.05) is 12.1 Å². The number of benzene rings is 3. The molecular formula is C24H25FN2O4S. The van der Waals surface area contributed by atoms with Gasteiger partial charge < -0.3 is 10.1 Å². The molecule has 0 atom stereocenters. The van der Waals surface area contributed by atoms with Crippen molar-refractivity contribution in [3.05, 3.63) is 89.7 Å². The number of sulfonamides is 1. The second-order valence-electron chi connectivity index (χ2n) is 7.59. The maximum Gasteiger partial charge on any atom is 0.255 e. The van der Waals surface area contributed by atoms with Gasteiger partial charge in [-0.15, -0.1) is 0 Å². The van der Waals surface area contributed by atoms with Gasteiger partial charge in [-0.25, -0.2) is 12.8 Å². The van der Waals surface area contributed by atoms with Gasteiger partial charge in [0.05, 0.1) is 24.6 Å². The van der Waals surface area contributed by atoms with Crippen LogP contribution < -0.4 is 14.4 Å². The molecule has 0 bridgehead atoms. The molecule has 0 aliphatic heterocycles. The number of halogens is 1. The first-order chi connectivity index (χ1) is 15.1. The first-order valence-electron chi connectivity index (χ1n) is 10.0. The van der Waals surface area contributed by atoms with Crippen LogP contribution in [0.15, 0.2) is 72.8 Å². The number of amides is 1. The van der Waals surface area contributed by atoms with E-state index >= 15 is 0 Å². The molecule has 0 spiro atoms. The number of carbonyl (C=O) groups excluding carboxylic acids is 1. The minimum Gasteiger partial charge on any atom is -0.491 e. The minimum absolute atomic E-state index is 0.0510. The van der Waals surface area contributed by atoms with Crippen LogP contribution in [0.1, 0.15) is 29.8 Å². The first-order valence-corrected chi connectivity index (χ1v) is 11.9. The lowest BCUT2D eigenvalue weighted by molar-refractivity contribution is 0.102. The molecule has 3 rings (SSSR count). The fraction of sp³-hybridized carbons (Fsp3) is 0.208. The van der Waals surface area contributed by atoms with Crippen molar-refractivity contribution in [3.63, 3.8) is 0 Å². The molecule has 1 amide bonds. The van der Waals surface area contributed by atoms with E-state index in [2.05, 4.69) is 5.32 Å². The van der Waals surface area contributed by atoms with Crippen LogP contribution in [0.4, 0.5) is 15.8 Å². The van der Waals surface area contributed by atoms with Gasteiger partial charge in [-0.05, 0) is 80.1 Å². The Bertz CT molecular complexity index is 1160. The number of rotatable bonds is 8. The number of carbonyl (C=O) groups is 1. The Morgan fingerprint density at radius 3 is 2.09 bits per heavy atom. The van der Waals surface area contributed by atoms with Crippen molar-refractivity contribution >= 4 is 27.3 Å². The molecule has 0 heterocycles. The molecule has 0 aliphatic carbocycles. The molecule has 0 aliphatic rings. The highest BCUT2D eigenvalue weighted by Crippen LogP contribution is 2.22. The monoisotopic (exact) mass is 456 g/mol. The Labute approximate surface area is 187 Å². The Morgan fingerprint density at radius 2 is 1.56 bits per heavy atom. The number of nitrogens with zero attached hydrogens (tertiary/aromatic N) is 1. The van der Waals surface area contributed by atoms with Crippen LogP contribution in [-0.4, -0.2) is 26.7 Å². The van der Waals surface area contributed by atoms with Gasteiger partial charge in [0.2, 0.25) is 10.0 Å². The second kappa shape index (κ2) is 9.82. The van der Waals surface area contributed by atoms with E-state index in [-0.39, 0.29) is 18.6 Å². The second-order valence-corrected chi connectivity index (χ2v) is 9.49. The summed E-state index contributed by atoms with van der Waals surface area (Å²) in [5, 5.41) is 2.80. The lowest BCUT2D eigenvalue weighted by Gasteiger charge is -2.22. The Hall–Kier alpha value is -3.39. The summed E-state index contributed by atoms with van der Waals surface area (Å²) in [5.41, 5.74) is 2.04. The van der Waals surface area contributed by atoms with Crippen LogP contribution in [0.5, 0.6) is 5.75 Å². The molecule has 0 aromatic heterocycles. The van der Waals surface area contributed by atoms with Crippen LogP contribution >= 0.6 is 0 Å². The molecular weight excluding hydrogens is 431 g/mol. The summed E-state index contributed by atoms with van der Waals surface area (Å²) >= 11 is 0. The SMILES string of the molecule is CC(C)Oc1ccc(NC(=O)c2ccc(N(Cc3ccc(F)cc3)S(C)(=O)=O)cc2)cc1. The van der Waals surface area contributed by atoms with Gasteiger partial charge in [0, 0.05) is 11.3 Å². The lowest BCUT2D eigenvalue weighted by Crippen LogP contribution is -2.29. The molecule has 32 heavy (non-hydrogen) atoms. The molecule has 0 unspecified atom stereocenters. The fourth-order valence-corrected chi connectivity index (χ4v) is 3.92. The van der Waals surface area contributed by atoms with Gasteiger partial charge in [0.1, 0.15) is 11.6 Å². The highest BCUT2D eigenvalue weighted by atomic mass is 32.2. The fourth-order valence-electron chi connectivity index (χ4n) is 3.03. The van der Waals surface area contributed by atoms with E-state index in [0.29, 0.717) is 28.3 Å². The van der Waals surface area contributed by atoms with E-state index in [1.165, 1.54) is 28.6 Å². The molecule has 8 heteroatoms. The molecule has 0 saturated heterocycles. The Balaban J connectivity index is 1.72. The Morgan fingerprint density at radius 1 is 0.969 bits per heavy atom. The summed E-state index contributed by atoms with van der Waals surface area (Å²) in [6.45, 7) is 3.92. The standard InChI is InChI=1S/C24H25FN2O4S/c1-17(2)31-23-14-10-21(11-15-23)26-24(28)19-6-12-22(13-7-19)27(32(3,29)30)16-18-4-8-20(25)9-5-18/h4-15,17H,16H2,1-3H3,(H,26,28). The summed E-state index contributed by atoms with van der Waals surface area (Å²) in [6.07, 6.45) is 1.16. The molecule has 0 saturated carbocycles. The highest BCUT2D eigenvalue weighted by molar-refractivity contribution is 7.92. The predicted octanol–water partition coefficient (Wildman–Crippen LogP) is 4.83. The van der Waals surface area contributed by atoms with Crippen LogP contribution in [-0.2, 0) is 16.6 Å². The quantitative estimate of drug-likeness (QED) is 0.527. The van der Waals surface area contributed by atoms with E-state index < -0.39 is 15.8 Å². The van der Waals surface area contributed by atoms with Crippen LogP contribution in [0.3, 0.4) is 0 Å². The van der Waals surface area contributed by atoms with E-state index in [4.69, 9.17) is 4.74 Å². The van der Waals surface area contributed by atoms with E-state index in [1.54, 1.807) is 48.5 Å². The van der Waals surface area contributed by atoms with Crippen molar-refractivity contribution in [1.82, 2.24) is 0 Å². The predicted molar refractivity (Wildman–Crippen MR) is 124 cm³/mol. The average molecular weight is 457 g/mol.